The molecule has 0 bridgehead atoms. The van der Waals surface area contributed by atoms with E-state index in [1.165, 1.54) is 12.3 Å². The standard InChI is InChI=1S/C15H22BrN3O3/c1-3-10(4-2)14-7-11(5-6-22-14)18-15-13(16)8-12(9-17-15)19(20)21/h8-11,14H,3-7H2,1-2H3,(H,17,18). The van der Waals surface area contributed by atoms with E-state index in [4.69, 9.17) is 4.74 Å². The molecule has 1 aliphatic rings. The number of ether oxygens (including phenoxy) is 1. The number of anilines is 1. The normalized spacial score (nSPS) is 21.8. The molecule has 1 fully saturated rings. The summed E-state index contributed by atoms with van der Waals surface area (Å²) in [5.74, 6) is 1.23. The van der Waals surface area contributed by atoms with Gasteiger partial charge in [-0.2, -0.15) is 0 Å². The first kappa shape index (κ1) is 17.1. The van der Waals surface area contributed by atoms with E-state index < -0.39 is 4.92 Å². The van der Waals surface area contributed by atoms with E-state index in [1.54, 1.807) is 0 Å². The first-order chi connectivity index (χ1) is 10.5. The van der Waals surface area contributed by atoms with Crippen molar-refractivity contribution in [2.45, 2.75) is 51.7 Å². The highest BCUT2D eigenvalue weighted by atomic mass is 79.9. The van der Waals surface area contributed by atoms with Crippen LogP contribution >= 0.6 is 15.9 Å². The van der Waals surface area contributed by atoms with Crippen LogP contribution < -0.4 is 5.32 Å². The molecule has 0 spiro atoms. The molecule has 2 unspecified atom stereocenters. The summed E-state index contributed by atoms with van der Waals surface area (Å²) in [6.07, 6.45) is 5.66. The predicted molar refractivity (Wildman–Crippen MR) is 89.0 cm³/mol. The van der Waals surface area contributed by atoms with Gasteiger partial charge in [0.05, 0.1) is 15.5 Å². The molecule has 2 atom stereocenters. The smallest absolute Gasteiger partial charge is 0.288 e. The third kappa shape index (κ3) is 4.16. The summed E-state index contributed by atoms with van der Waals surface area (Å²) in [6, 6.07) is 1.76. The van der Waals surface area contributed by atoms with E-state index in [2.05, 4.69) is 40.1 Å². The van der Waals surface area contributed by atoms with Gasteiger partial charge in [-0.3, -0.25) is 10.1 Å². The number of hydrogen-bond donors (Lipinski definition) is 1. The van der Waals surface area contributed by atoms with Crippen molar-refractivity contribution in [2.75, 3.05) is 11.9 Å². The largest absolute Gasteiger partial charge is 0.378 e. The molecule has 22 heavy (non-hydrogen) atoms. The highest BCUT2D eigenvalue weighted by Gasteiger charge is 2.28. The van der Waals surface area contributed by atoms with Crippen molar-refractivity contribution < 1.29 is 9.66 Å². The van der Waals surface area contributed by atoms with Crippen LogP contribution in [0.1, 0.15) is 39.5 Å². The Labute approximate surface area is 138 Å². The van der Waals surface area contributed by atoms with Crippen molar-refractivity contribution in [2.24, 2.45) is 5.92 Å². The summed E-state index contributed by atoms with van der Waals surface area (Å²) in [7, 11) is 0. The van der Waals surface area contributed by atoms with Gasteiger partial charge in [0.15, 0.2) is 0 Å². The van der Waals surface area contributed by atoms with Crippen molar-refractivity contribution in [3.63, 3.8) is 0 Å². The number of nitro groups is 1. The zero-order valence-corrected chi connectivity index (χ0v) is 14.5. The van der Waals surface area contributed by atoms with Gasteiger partial charge in [0.1, 0.15) is 12.0 Å². The molecule has 0 aliphatic carbocycles. The van der Waals surface area contributed by atoms with E-state index in [-0.39, 0.29) is 17.8 Å². The predicted octanol–water partition coefficient (Wildman–Crippen LogP) is 4.15. The van der Waals surface area contributed by atoms with Gasteiger partial charge in [0.2, 0.25) is 0 Å². The van der Waals surface area contributed by atoms with Gasteiger partial charge in [0.25, 0.3) is 5.69 Å². The lowest BCUT2D eigenvalue weighted by atomic mass is 9.89. The van der Waals surface area contributed by atoms with Crippen molar-refractivity contribution in [1.29, 1.82) is 0 Å². The Morgan fingerprint density at radius 3 is 2.86 bits per heavy atom. The van der Waals surface area contributed by atoms with Gasteiger partial charge in [-0.15, -0.1) is 0 Å². The average Bonchev–Trinajstić information content (AvgIpc) is 2.51. The fourth-order valence-electron chi connectivity index (χ4n) is 2.93. The Kier molecular flexibility index (Phi) is 6.14. The molecule has 7 heteroatoms. The number of pyridine rings is 1. The van der Waals surface area contributed by atoms with Crippen LogP contribution in [-0.2, 0) is 4.74 Å². The SMILES string of the molecule is CCC(CC)C1CC(Nc2ncc([N+](=O)[O-])cc2Br)CCO1. The third-order valence-corrected chi connectivity index (χ3v) is 4.87. The molecule has 0 radical (unpaired) electrons. The highest BCUT2D eigenvalue weighted by molar-refractivity contribution is 9.10. The Hall–Kier alpha value is -1.21. The number of aromatic nitrogens is 1. The second-order valence-corrected chi connectivity index (χ2v) is 6.49. The molecule has 2 heterocycles. The Balaban J connectivity index is 2.02. The van der Waals surface area contributed by atoms with Crippen molar-refractivity contribution in [1.82, 2.24) is 4.98 Å². The molecule has 0 amide bonds. The first-order valence-electron chi connectivity index (χ1n) is 7.73. The second-order valence-electron chi connectivity index (χ2n) is 5.63. The van der Waals surface area contributed by atoms with Gasteiger partial charge in [0, 0.05) is 18.7 Å². The van der Waals surface area contributed by atoms with E-state index in [0.29, 0.717) is 16.2 Å². The molecule has 1 aromatic rings. The number of nitrogens with one attached hydrogen (secondary N) is 1. The van der Waals surface area contributed by atoms with E-state index in [9.17, 15) is 10.1 Å². The molecular formula is C15H22BrN3O3. The zero-order valence-electron chi connectivity index (χ0n) is 12.9. The maximum atomic E-state index is 10.7. The van der Waals surface area contributed by atoms with Crippen molar-refractivity contribution in [3.05, 3.63) is 26.9 Å². The number of hydrogen-bond acceptors (Lipinski definition) is 5. The molecule has 0 aromatic carbocycles. The van der Waals surface area contributed by atoms with Crippen LogP contribution in [0.25, 0.3) is 0 Å². The zero-order chi connectivity index (χ0) is 16.1. The van der Waals surface area contributed by atoms with E-state index in [0.717, 1.165) is 32.3 Å². The molecule has 1 aromatic heterocycles. The van der Waals surface area contributed by atoms with Crippen molar-refractivity contribution >= 4 is 27.4 Å². The third-order valence-electron chi connectivity index (χ3n) is 4.27. The number of nitrogens with zero attached hydrogens (tertiary/aromatic N) is 2. The van der Waals surface area contributed by atoms with Crippen LogP contribution in [0.4, 0.5) is 11.5 Å². The number of halogens is 1. The van der Waals surface area contributed by atoms with Crippen LogP contribution in [0.3, 0.4) is 0 Å². The Morgan fingerprint density at radius 1 is 1.55 bits per heavy atom. The number of rotatable bonds is 6. The minimum absolute atomic E-state index is 0.0145. The summed E-state index contributed by atoms with van der Waals surface area (Å²) in [6.45, 7) is 5.13. The lowest BCUT2D eigenvalue weighted by Gasteiger charge is -2.34. The topological polar surface area (TPSA) is 77.3 Å². The van der Waals surface area contributed by atoms with Gasteiger partial charge in [-0.05, 0) is 34.7 Å². The first-order valence-corrected chi connectivity index (χ1v) is 8.52. The van der Waals surface area contributed by atoms with Crippen LogP contribution in [0.2, 0.25) is 0 Å². The summed E-state index contributed by atoms with van der Waals surface area (Å²) < 4.78 is 6.53. The second kappa shape index (κ2) is 7.87. The summed E-state index contributed by atoms with van der Waals surface area (Å²) in [5.41, 5.74) is -0.0145. The minimum Gasteiger partial charge on any atom is -0.378 e. The maximum absolute atomic E-state index is 10.7. The van der Waals surface area contributed by atoms with Gasteiger partial charge < -0.3 is 10.1 Å². The van der Waals surface area contributed by atoms with Crippen LogP contribution in [0, 0.1) is 16.0 Å². The van der Waals surface area contributed by atoms with Crippen LogP contribution in [0.5, 0.6) is 0 Å². The van der Waals surface area contributed by atoms with Crippen LogP contribution in [-0.4, -0.2) is 28.7 Å². The molecule has 2 rings (SSSR count). The Bertz CT molecular complexity index is 523. The summed E-state index contributed by atoms with van der Waals surface area (Å²) in [4.78, 5) is 14.5. The lowest BCUT2D eigenvalue weighted by molar-refractivity contribution is -0.385. The summed E-state index contributed by atoms with van der Waals surface area (Å²) >= 11 is 3.35. The van der Waals surface area contributed by atoms with E-state index in [1.807, 2.05) is 0 Å². The van der Waals surface area contributed by atoms with Crippen molar-refractivity contribution in [3.8, 4) is 0 Å². The lowest BCUT2D eigenvalue weighted by Crippen LogP contribution is -2.38. The van der Waals surface area contributed by atoms with E-state index >= 15 is 0 Å². The minimum atomic E-state index is -0.445. The molecular weight excluding hydrogens is 350 g/mol. The van der Waals surface area contributed by atoms with Gasteiger partial charge in [-0.1, -0.05) is 26.7 Å². The van der Waals surface area contributed by atoms with Gasteiger partial charge >= 0.3 is 0 Å². The summed E-state index contributed by atoms with van der Waals surface area (Å²) in [5, 5.41) is 14.1. The quantitative estimate of drug-likeness (QED) is 0.600. The highest BCUT2D eigenvalue weighted by Crippen LogP contribution is 2.29. The average molecular weight is 372 g/mol. The molecule has 1 N–H and O–H groups in total. The fourth-order valence-corrected chi connectivity index (χ4v) is 3.38. The monoisotopic (exact) mass is 371 g/mol. The molecule has 122 valence electrons. The fraction of sp³-hybridized carbons (Fsp3) is 0.667. The molecule has 1 aliphatic heterocycles. The molecule has 1 saturated heterocycles. The molecule has 6 nitrogen and oxygen atoms in total. The maximum Gasteiger partial charge on any atom is 0.288 e. The Morgan fingerprint density at radius 2 is 2.27 bits per heavy atom. The molecule has 0 saturated carbocycles. The van der Waals surface area contributed by atoms with Gasteiger partial charge in [-0.25, -0.2) is 4.98 Å². The van der Waals surface area contributed by atoms with Crippen LogP contribution in [0.15, 0.2) is 16.7 Å².